The van der Waals surface area contributed by atoms with Crippen LogP contribution in [0.1, 0.15) is 17.9 Å². The quantitative estimate of drug-likeness (QED) is 0.145. The molecule has 0 N–H and O–H groups in total. The highest BCUT2D eigenvalue weighted by Gasteiger charge is 2.22. The maximum Gasteiger partial charge on any atom is 0.164 e. The second-order valence-corrected chi connectivity index (χ2v) is 19.1. The Labute approximate surface area is 428 Å². The van der Waals surface area contributed by atoms with Gasteiger partial charge in [0.05, 0.1) is 11.0 Å². The van der Waals surface area contributed by atoms with Crippen molar-refractivity contribution in [1.82, 2.24) is 19.5 Å². The van der Waals surface area contributed by atoms with Crippen LogP contribution in [0, 0.1) is 0 Å². The Bertz CT molecular complexity index is 4110. The van der Waals surface area contributed by atoms with E-state index in [9.17, 15) is 0 Å². The summed E-state index contributed by atoms with van der Waals surface area (Å²) in [5.41, 5.74) is 17.9. The third kappa shape index (κ3) is 7.79. The van der Waals surface area contributed by atoms with Gasteiger partial charge in [-0.1, -0.05) is 182 Å². The minimum atomic E-state index is 0.110. The number of para-hydroxylation sites is 2. The second kappa shape index (κ2) is 18.2. The van der Waals surface area contributed by atoms with Crippen LogP contribution in [0.15, 0.2) is 253 Å². The molecule has 0 bridgehead atoms. The molecule has 0 spiro atoms. The summed E-state index contributed by atoms with van der Waals surface area (Å²) in [5, 5.41) is 4.51. The van der Waals surface area contributed by atoms with Gasteiger partial charge in [-0.05, 0) is 135 Å². The highest BCUT2D eigenvalue weighted by Crippen LogP contribution is 2.39. The summed E-state index contributed by atoms with van der Waals surface area (Å²) in [6.07, 6.45) is 5.47. The predicted octanol–water partition coefficient (Wildman–Crippen LogP) is 16.1. The van der Waals surface area contributed by atoms with Crippen LogP contribution in [0.5, 0.6) is 0 Å². The van der Waals surface area contributed by atoms with Gasteiger partial charge in [-0.2, -0.15) is 0 Å². The Balaban J connectivity index is 0.977. The minimum absolute atomic E-state index is 0.110. The summed E-state index contributed by atoms with van der Waals surface area (Å²) < 4.78 is 9.12. The van der Waals surface area contributed by atoms with E-state index in [1.807, 2.05) is 0 Å². The Morgan fingerprint density at radius 1 is 0.378 bits per heavy atom. The molecular weight excluding hydrogens is 901 g/mol. The fourth-order valence-electron chi connectivity index (χ4n) is 11.0. The molecule has 13 aromatic rings. The summed E-state index contributed by atoms with van der Waals surface area (Å²) in [5.74, 6) is 1.84. The predicted molar refractivity (Wildman–Crippen MR) is 304 cm³/mol. The molecule has 0 saturated carbocycles. The summed E-state index contributed by atoms with van der Waals surface area (Å²) in [6.45, 7) is 0. The lowest BCUT2D eigenvalue weighted by Crippen LogP contribution is -2.25. The monoisotopic (exact) mass is 946 g/mol. The van der Waals surface area contributed by atoms with Crippen molar-refractivity contribution in [3.63, 3.8) is 0 Å². The topological polar surface area (TPSA) is 56.7 Å². The smallest absolute Gasteiger partial charge is 0.164 e. The molecule has 1 unspecified atom stereocenters. The number of benzene rings is 10. The zero-order valence-electron chi connectivity index (χ0n) is 40.3. The molecule has 0 aliphatic heterocycles. The Kier molecular flexibility index (Phi) is 10.6. The molecule has 14 rings (SSSR count). The van der Waals surface area contributed by atoms with Crippen LogP contribution in [-0.4, -0.2) is 19.5 Å². The van der Waals surface area contributed by atoms with Crippen molar-refractivity contribution in [3.8, 4) is 84.4 Å². The highest BCUT2D eigenvalue weighted by molar-refractivity contribution is 6.09. The lowest BCUT2D eigenvalue weighted by Gasteiger charge is -2.15. The Morgan fingerprint density at radius 3 is 1.41 bits per heavy atom. The molecule has 74 heavy (non-hydrogen) atoms. The van der Waals surface area contributed by atoms with Crippen molar-refractivity contribution in [2.45, 2.75) is 12.3 Å². The van der Waals surface area contributed by atoms with Crippen LogP contribution in [0.25, 0.3) is 129 Å². The molecule has 0 saturated heterocycles. The van der Waals surface area contributed by atoms with E-state index in [4.69, 9.17) is 19.4 Å². The van der Waals surface area contributed by atoms with Gasteiger partial charge < -0.3 is 8.98 Å². The Morgan fingerprint density at radius 2 is 0.851 bits per heavy atom. The molecule has 1 aliphatic rings. The average Bonchev–Trinajstić information content (AvgIpc) is 4.03. The van der Waals surface area contributed by atoms with E-state index in [0.717, 1.165) is 94.9 Å². The number of rotatable bonds is 9. The fraction of sp³-hybridized carbons (Fsp3) is 0.0290. The molecule has 3 aromatic heterocycles. The number of furan rings is 1. The van der Waals surface area contributed by atoms with Gasteiger partial charge in [0.25, 0.3) is 0 Å². The van der Waals surface area contributed by atoms with Gasteiger partial charge in [-0.15, -0.1) is 0 Å². The second-order valence-electron chi connectivity index (χ2n) is 19.1. The summed E-state index contributed by atoms with van der Waals surface area (Å²) in [4.78, 5) is 16.4. The van der Waals surface area contributed by atoms with Crippen LogP contribution in [0.3, 0.4) is 0 Å². The van der Waals surface area contributed by atoms with Gasteiger partial charge in [0.15, 0.2) is 17.5 Å². The molecule has 5 heteroatoms. The van der Waals surface area contributed by atoms with Crippen molar-refractivity contribution in [2.24, 2.45) is 0 Å². The first-order valence-electron chi connectivity index (χ1n) is 25.3. The molecule has 10 aromatic carbocycles. The van der Waals surface area contributed by atoms with Crippen LogP contribution in [-0.2, 0) is 0 Å². The third-order valence-corrected chi connectivity index (χ3v) is 14.5. The van der Waals surface area contributed by atoms with Gasteiger partial charge in [-0.25, -0.2) is 15.0 Å². The lowest BCUT2D eigenvalue weighted by molar-refractivity contribution is 0.570. The molecule has 5 nitrogen and oxygen atoms in total. The molecular formula is C69H46N4O. The molecule has 1 atom stereocenters. The molecule has 0 amide bonds. The van der Waals surface area contributed by atoms with Crippen LogP contribution < -0.4 is 10.6 Å². The third-order valence-electron chi connectivity index (χ3n) is 14.5. The summed E-state index contributed by atoms with van der Waals surface area (Å²) in [7, 11) is 0. The van der Waals surface area contributed by atoms with Crippen LogP contribution >= 0.6 is 0 Å². The van der Waals surface area contributed by atoms with Gasteiger partial charge in [-0.3, -0.25) is 0 Å². The number of aromatic nitrogens is 4. The lowest BCUT2D eigenvalue weighted by atomic mass is 9.90. The van der Waals surface area contributed by atoms with Crippen molar-refractivity contribution in [1.29, 1.82) is 0 Å². The summed E-state index contributed by atoms with van der Waals surface area (Å²) >= 11 is 0. The van der Waals surface area contributed by atoms with Gasteiger partial charge >= 0.3 is 0 Å². The standard InChI is InChI=1S/C69H46N4O/c1-6-19-45(20-7-1)51-37-52(46-21-8-2-9-22-46)40-55(39-51)67-70-68(56-41-53(47-23-10-3-11-24-47)38-54(42-56)48-25-12-4-13-26-48)72-69(71-67)59-30-18-32-65-66(59)61-44-50(34-36-64(61)74-65)49-33-35-63-60(43-49)58-29-16-17-31-62(58)73(63)57-27-14-5-15-28-57/h1-33,35-44,50H,34H2. The zero-order valence-corrected chi connectivity index (χ0v) is 40.3. The van der Waals surface area contributed by atoms with Gasteiger partial charge in [0, 0.05) is 49.7 Å². The van der Waals surface area contributed by atoms with E-state index in [1.165, 1.54) is 27.4 Å². The summed E-state index contributed by atoms with van der Waals surface area (Å²) in [6, 6.07) is 88.1. The average molecular weight is 947 g/mol. The minimum Gasteiger partial charge on any atom is -0.456 e. The van der Waals surface area contributed by atoms with E-state index in [0.29, 0.717) is 17.5 Å². The van der Waals surface area contributed by atoms with E-state index < -0.39 is 0 Å². The van der Waals surface area contributed by atoms with E-state index >= 15 is 0 Å². The van der Waals surface area contributed by atoms with Crippen molar-refractivity contribution >= 4 is 44.9 Å². The molecule has 0 fully saturated rings. The van der Waals surface area contributed by atoms with Crippen molar-refractivity contribution in [2.75, 3.05) is 0 Å². The molecule has 348 valence electrons. The first-order chi connectivity index (χ1) is 36.6. The SMILES string of the molecule is C1=c2oc3cccc(-c4nc(-c5cc(-c6ccccc6)cc(-c6ccccc6)c5)nc(-c5cc(-c6ccccc6)cc(-c6ccccc6)c5)n4)c3c2=CC(c2ccc3c(c2)c2ccccc2n3-c2ccccc2)C1. The highest BCUT2D eigenvalue weighted by atomic mass is 16.3. The fourth-order valence-corrected chi connectivity index (χ4v) is 11.0. The maximum atomic E-state index is 6.74. The van der Waals surface area contributed by atoms with Crippen LogP contribution in [0.2, 0.25) is 0 Å². The van der Waals surface area contributed by atoms with E-state index in [2.05, 4.69) is 265 Å². The number of hydrogen-bond acceptors (Lipinski definition) is 4. The number of hydrogen-bond donors (Lipinski definition) is 0. The first-order valence-corrected chi connectivity index (χ1v) is 25.3. The van der Waals surface area contributed by atoms with Gasteiger partial charge in [0.2, 0.25) is 0 Å². The van der Waals surface area contributed by atoms with Crippen molar-refractivity contribution in [3.05, 3.63) is 265 Å². The Hall–Kier alpha value is -9.71. The maximum absolute atomic E-state index is 6.74. The normalized spacial score (nSPS) is 13.2. The zero-order chi connectivity index (χ0) is 49.0. The van der Waals surface area contributed by atoms with E-state index in [-0.39, 0.29) is 5.92 Å². The first kappa shape index (κ1) is 43.1. The van der Waals surface area contributed by atoms with E-state index in [1.54, 1.807) is 0 Å². The largest absolute Gasteiger partial charge is 0.456 e. The molecule has 0 radical (unpaired) electrons. The number of nitrogens with zero attached hydrogens (tertiary/aromatic N) is 4. The van der Waals surface area contributed by atoms with Crippen LogP contribution in [0.4, 0.5) is 0 Å². The number of fused-ring (bicyclic) bond motifs is 6. The molecule has 3 heterocycles. The van der Waals surface area contributed by atoms with Gasteiger partial charge in [0.1, 0.15) is 11.0 Å². The van der Waals surface area contributed by atoms with Crippen molar-refractivity contribution < 1.29 is 4.42 Å². The molecule has 1 aliphatic carbocycles.